The van der Waals surface area contributed by atoms with Crippen LogP contribution < -0.4 is 5.32 Å². The van der Waals surface area contributed by atoms with Gasteiger partial charge in [-0.25, -0.2) is 9.18 Å². The van der Waals surface area contributed by atoms with E-state index in [9.17, 15) is 19.1 Å². The highest BCUT2D eigenvalue weighted by molar-refractivity contribution is 8.18. The topological polar surface area (TPSA) is 88.5 Å². The molecule has 0 radical (unpaired) electrons. The number of rotatable bonds is 3. The molecule has 3 aliphatic rings. The van der Waals surface area contributed by atoms with Crippen molar-refractivity contribution in [2.24, 2.45) is 4.99 Å². The van der Waals surface area contributed by atoms with Gasteiger partial charge < -0.3 is 25.1 Å². The largest absolute Gasteiger partial charge is 0.465 e. The van der Waals surface area contributed by atoms with Crippen LogP contribution in [0.5, 0.6) is 0 Å². The maximum Gasteiger partial charge on any atom is 0.407 e. The Bertz CT molecular complexity index is 961. The molecule has 2 fully saturated rings. The number of benzene rings is 1. The van der Waals surface area contributed by atoms with E-state index in [0.717, 1.165) is 32.6 Å². The van der Waals surface area contributed by atoms with Crippen molar-refractivity contribution < 1.29 is 19.1 Å². The Morgan fingerprint density at radius 1 is 1.31 bits per heavy atom. The van der Waals surface area contributed by atoms with Crippen LogP contribution in [0.1, 0.15) is 30.0 Å². The van der Waals surface area contributed by atoms with E-state index >= 15 is 0 Å². The van der Waals surface area contributed by atoms with Crippen molar-refractivity contribution >= 4 is 35.0 Å². The second kappa shape index (κ2) is 9.60. The Labute approximate surface area is 191 Å². The summed E-state index contributed by atoms with van der Waals surface area (Å²) in [6.07, 6.45) is 2.00. The average molecular weight is 462 g/mol. The predicted molar refractivity (Wildman–Crippen MR) is 123 cm³/mol. The van der Waals surface area contributed by atoms with E-state index in [1.807, 2.05) is 14.1 Å². The molecule has 0 spiro atoms. The first kappa shape index (κ1) is 22.8. The molecule has 0 aliphatic carbocycles. The molecule has 2 amide bonds. The van der Waals surface area contributed by atoms with E-state index in [1.54, 1.807) is 12.1 Å². The summed E-state index contributed by atoms with van der Waals surface area (Å²) in [6, 6.07) is 4.16. The van der Waals surface area contributed by atoms with Gasteiger partial charge in [0.15, 0.2) is 5.17 Å². The van der Waals surface area contributed by atoms with Gasteiger partial charge in [0.05, 0.1) is 10.9 Å². The number of halogens is 1. The zero-order valence-corrected chi connectivity index (χ0v) is 19.1. The zero-order chi connectivity index (χ0) is 22.8. The molecule has 3 heterocycles. The molecule has 2 N–H and O–H groups in total. The van der Waals surface area contributed by atoms with Crippen LogP contribution in [-0.2, 0) is 4.79 Å². The van der Waals surface area contributed by atoms with Gasteiger partial charge in [0.25, 0.3) is 5.91 Å². The fourth-order valence-corrected chi connectivity index (χ4v) is 5.40. The maximum atomic E-state index is 14.2. The van der Waals surface area contributed by atoms with Gasteiger partial charge in [0, 0.05) is 38.8 Å². The third-order valence-electron chi connectivity index (χ3n) is 6.24. The molecule has 10 heteroatoms. The van der Waals surface area contributed by atoms with Crippen molar-refractivity contribution in [1.29, 1.82) is 0 Å². The lowest BCUT2D eigenvalue weighted by atomic mass is 9.88. The van der Waals surface area contributed by atoms with Crippen molar-refractivity contribution in [3.63, 3.8) is 0 Å². The number of nitrogens with one attached hydrogen (secondary N) is 1. The molecule has 0 saturated carbocycles. The lowest BCUT2D eigenvalue weighted by Crippen LogP contribution is -2.46. The summed E-state index contributed by atoms with van der Waals surface area (Å²) in [6.45, 7) is 3.62. The molecule has 0 bridgehead atoms. The smallest absolute Gasteiger partial charge is 0.407 e. The molecule has 4 rings (SSSR count). The van der Waals surface area contributed by atoms with Crippen LogP contribution in [-0.4, -0.2) is 89.8 Å². The lowest BCUT2D eigenvalue weighted by molar-refractivity contribution is -0.113. The number of nitrogens with zero attached hydrogens (tertiary/aromatic N) is 4. The number of amides is 2. The number of thioether (sulfide) groups is 1. The van der Waals surface area contributed by atoms with Gasteiger partial charge in [-0.1, -0.05) is 6.07 Å². The highest BCUT2D eigenvalue weighted by Gasteiger charge is 2.35. The number of likely N-dealkylation sites (tertiary alicyclic amines) is 1. The van der Waals surface area contributed by atoms with E-state index in [1.165, 1.54) is 28.8 Å². The SMILES string of the molecule is CN(C)C1CCN(C(=O)O)C(c2ccc(F)cc2/C=C2\SC(N3CCNCC3)=NC2=O)C1. The highest BCUT2D eigenvalue weighted by atomic mass is 32.2. The summed E-state index contributed by atoms with van der Waals surface area (Å²) < 4.78 is 14.2. The van der Waals surface area contributed by atoms with Crippen molar-refractivity contribution in [3.05, 3.63) is 40.0 Å². The Kier molecular flexibility index (Phi) is 6.82. The summed E-state index contributed by atoms with van der Waals surface area (Å²) >= 11 is 1.29. The zero-order valence-electron chi connectivity index (χ0n) is 18.3. The first-order valence-corrected chi connectivity index (χ1v) is 11.6. The molecule has 0 aromatic heterocycles. The second-order valence-corrected chi connectivity index (χ2v) is 9.46. The minimum Gasteiger partial charge on any atom is -0.465 e. The van der Waals surface area contributed by atoms with Gasteiger partial charge in [-0.3, -0.25) is 4.79 Å². The third-order valence-corrected chi connectivity index (χ3v) is 7.29. The summed E-state index contributed by atoms with van der Waals surface area (Å²) in [5, 5.41) is 13.7. The minimum atomic E-state index is -0.995. The number of hydrogen-bond donors (Lipinski definition) is 2. The normalized spacial score (nSPS) is 25.6. The van der Waals surface area contributed by atoms with Gasteiger partial charge in [0.2, 0.25) is 0 Å². The van der Waals surface area contributed by atoms with Crippen molar-refractivity contribution in [2.45, 2.75) is 24.9 Å². The number of piperazine rings is 1. The first-order valence-electron chi connectivity index (χ1n) is 10.8. The quantitative estimate of drug-likeness (QED) is 0.669. The fraction of sp³-hybridized carbons (Fsp3) is 0.500. The minimum absolute atomic E-state index is 0.214. The van der Waals surface area contributed by atoms with Gasteiger partial charge in [-0.15, -0.1) is 0 Å². The highest BCUT2D eigenvalue weighted by Crippen LogP contribution is 2.37. The van der Waals surface area contributed by atoms with Crippen LogP contribution in [0.3, 0.4) is 0 Å². The number of aliphatic imine (C=N–C) groups is 1. The molecule has 2 saturated heterocycles. The van der Waals surface area contributed by atoms with Gasteiger partial charge in [-0.05, 0) is 68.0 Å². The van der Waals surface area contributed by atoms with E-state index in [-0.39, 0.29) is 11.9 Å². The number of piperidine rings is 1. The van der Waals surface area contributed by atoms with Crippen LogP contribution in [0.15, 0.2) is 28.1 Å². The molecule has 2 unspecified atom stereocenters. The molecular weight excluding hydrogens is 433 g/mol. The Balaban J connectivity index is 1.65. The molecule has 1 aromatic rings. The van der Waals surface area contributed by atoms with Crippen LogP contribution in [0.25, 0.3) is 6.08 Å². The first-order chi connectivity index (χ1) is 15.3. The molecule has 32 heavy (non-hydrogen) atoms. The number of carboxylic acid groups (broad SMARTS) is 1. The monoisotopic (exact) mass is 461 g/mol. The van der Waals surface area contributed by atoms with Gasteiger partial charge >= 0.3 is 6.09 Å². The molecular formula is C22H28FN5O3S. The van der Waals surface area contributed by atoms with E-state index < -0.39 is 18.0 Å². The van der Waals surface area contributed by atoms with Gasteiger partial charge in [-0.2, -0.15) is 4.99 Å². The summed E-state index contributed by atoms with van der Waals surface area (Å²) in [5.74, 6) is -0.773. The molecule has 3 aliphatic heterocycles. The van der Waals surface area contributed by atoms with Crippen LogP contribution in [0, 0.1) is 5.82 Å². The summed E-state index contributed by atoms with van der Waals surface area (Å²) in [5.41, 5.74) is 1.23. The van der Waals surface area contributed by atoms with E-state index in [0.29, 0.717) is 34.2 Å². The number of carbonyl (C=O) groups excluding carboxylic acids is 1. The lowest BCUT2D eigenvalue weighted by Gasteiger charge is -2.41. The fourth-order valence-electron chi connectivity index (χ4n) is 4.44. The number of hydrogen-bond acceptors (Lipinski definition) is 6. The average Bonchev–Trinajstić information content (AvgIpc) is 3.14. The van der Waals surface area contributed by atoms with Crippen molar-refractivity contribution in [2.75, 3.05) is 46.8 Å². The number of carbonyl (C=O) groups is 2. The second-order valence-electron chi connectivity index (χ2n) is 8.45. The van der Waals surface area contributed by atoms with Crippen molar-refractivity contribution in [3.8, 4) is 0 Å². The summed E-state index contributed by atoms with van der Waals surface area (Å²) in [4.78, 5) is 34.7. The van der Waals surface area contributed by atoms with Crippen LogP contribution >= 0.6 is 11.8 Å². The van der Waals surface area contributed by atoms with Gasteiger partial charge in [0.1, 0.15) is 5.82 Å². The maximum absolute atomic E-state index is 14.2. The number of amidine groups is 1. The Hall–Kier alpha value is -2.43. The molecule has 1 aromatic carbocycles. The summed E-state index contributed by atoms with van der Waals surface area (Å²) in [7, 11) is 3.96. The van der Waals surface area contributed by atoms with E-state index in [4.69, 9.17) is 0 Å². The van der Waals surface area contributed by atoms with E-state index in [2.05, 4.69) is 20.1 Å². The third kappa shape index (κ3) is 4.82. The molecule has 2 atom stereocenters. The Morgan fingerprint density at radius 2 is 2.06 bits per heavy atom. The van der Waals surface area contributed by atoms with Crippen molar-refractivity contribution in [1.82, 2.24) is 20.0 Å². The standard InChI is InChI=1S/C22H28FN5O3S/c1-26(2)16-5-8-28(22(30)31)18(13-16)17-4-3-15(23)11-14(17)12-19-20(29)25-21(32-19)27-9-6-24-7-10-27/h3-4,11-12,16,18,24H,5-10,13H2,1-2H3,(H,30,31)/b19-12-. The van der Waals surface area contributed by atoms with Crippen LogP contribution in [0.2, 0.25) is 0 Å². The predicted octanol–water partition coefficient (Wildman–Crippen LogP) is 2.45. The molecule has 8 nitrogen and oxygen atoms in total. The van der Waals surface area contributed by atoms with Crippen LogP contribution in [0.4, 0.5) is 9.18 Å². The molecule has 172 valence electrons. The Morgan fingerprint density at radius 3 is 2.75 bits per heavy atom.